The molecule has 0 spiro atoms. The topological polar surface area (TPSA) is 55.5 Å². The molecule has 1 aliphatic rings. The number of fused-ring (bicyclic) bond motifs is 1. The van der Waals surface area contributed by atoms with E-state index in [2.05, 4.69) is 19.9 Å². The third-order valence-corrected chi connectivity index (χ3v) is 4.33. The van der Waals surface area contributed by atoms with Crippen LogP contribution in [0.25, 0.3) is 11.1 Å². The Morgan fingerprint density at radius 3 is 2.50 bits per heavy atom. The number of hydrogen-bond acceptors (Lipinski definition) is 5. The second-order valence-electron chi connectivity index (χ2n) is 6.28. The lowest BCUT2D eigenvalue weighted by atomic mass is 9.98. The predicted octanol–water partition coefficient (Wildman–Crippen LogP) is 3.69. The molecule has 1 aliphatic heterocycles. The Hall–Kier alpha value is -3.36. The molecule has 0 bridgehead atoms. The van der Waals surface area contributed by atoms with Crippen molar-refractivity contribution in [2.45, 2.75) is 19.5 Å². The summed E-state index contributed by atoms with van der Waals surface area (Å²) in [6.07, 6.45) is 0.268. The first kappa shape index (κ1) is 18.0. The average molecular weight is 387 g/mol. The summed E-state index contributed by atoms with van der Waals surface area (Å²) >= 11 is 0. The highest BCUT2D eigenvalue weighted by Crippen LogP contribution is 2.28. The van der Waals surface area contributed by atoms with Gasteiger partial charge in [-0.05, 0) is 40.5 Å². The highest BCUT2D eigenvalue weighted by molar-refractivity contribution is 5.84. The highest BCUT2D eigenvalue weighted by atomic mass is 19.4. The van der Waals surface area contributed by atoms with Crippen molar-refractivity contribution < 1.29 is 17.9 Å². The first-order chi connectivity index (χ1) is 13.5. The third-order valence-electron chi connectivity index (χ3n) is 4.33. The van der Waals surface area contributed by atoms with Gasteiger partial charge in [0.2, 0.25) is 0 Å². The number of ether oxygens (including phenoxy) is 1. The summed E-state index contributed by atoms with van der Waals surface area (Å²) in [7, 11) is 0. The highest BCUT2D eigenvalue weighted by Gasteiger charge is 2.31. The molecular formula is C19H16F3N5O. The Balaban J connectivity index is 1.47. The first-order valence-electron chi connectivity index (χ1n) is 8.57. The van der Waals surface area contributed by atoms with Crippen LogP contribution in [0.2, 0.25) is 0 Å². The van der Waals surface area contributed by atoms with Gasteiger partial charge in [0, 0.05) is 0 Å². The van der Waals surface area contributed by atoms with Crippen molar-refractivity contribution in [3.63, 3.8) is 0 Å². The van der Waals surface area contributed by atoms with E-state index in [1.165, 1.54) is 18.5 Å². The van der Waals surface area contributed by atoms with Gasteiger partial charge in [0.25, 0.3) is 0 Å². The smallest absolute Gasteiger partial charge is 0.406 e. The lowest BCUT2D eigenvalue weighted by Gasteiger charge is -2.24. The fraction of sp³-hybridized carbons (Fsp3) is 0.211. The second-order valence-corrected chi connectivity index (χ2v) is 6.28. The molecule has 3 aromatic rings. The zero-order valence-corrected chi connectivity index (χ0v) is 14.7. The monoisotopic (exact) mass is 387 g/mol. The molecule has 0 radical (unpaired) electrons. The van der Waals surface area contributed by atoms with Crippen LogP contribution in [-0.2, 0) is 13.1 Å². The summed E-state index contributed by atoms with van der Waals surface area (Å²) < 4.78 is 42.5. The lowest BCUT2D eigenvalue weighted by molar-refractivity contribution is -0.274. The van der Waals surface area contributed by atoms with Gasteiger partial charge in [-0.2, -0.15) is 10.2 Å². The maximum absolute atomic E-state index is 12.3. The van der Waals surface area contributed by atoms with E-state index in [0.29, 0.717) is 19.6 Å². The van der Waals surface area contributed by atoms with Crippen LogP contribution in [0.1, 0.15) is 11.1 Å². The number of halogens is 3. The van der Waals surface area contributed by atoms with Crippen LogP contribution in [0.3, 0.4) is 0 Å². The number of hydrazone groups is 1. The molecule has 2 aromatic carbocycles. The molecule has 28 heavy (non-hydrogen) atoms. The van der Waals surface area contributed by atoms with Gasteiger partial charge >= 0.3 is 6.36 Å². The summed E-state index contributed by atoms with van der Waals surface area (Å²) in [5, 5.41) is 10.5. The number of aromatic nitrogens is 3. The fourth-order valence-electron chi connectivity index (χ4n) is 2.98. The normalized spacial score (nSPS) is 13.5. The standard InChI is InChI=1S/C19H16F3N5O/c20-19(21,22)28-18-5-3-14(4-6-18)15-1-2-16-10-24-26(11-17(16)9-15)7-8-27-13-23-12-25-27/h1-6,9-10,12-13H,7-8,11H2. The minimum atomic E-state index is -4.69. The van der Waals surface area contributed by atoms with Gasteiger partial charge in [-0.25, -0.2) is 4.98 Å². The zero-order valence-electron chi connectivity index (χ0n) is 14.7. The molecule has 144 valence electrons. The molecule has 2 heterocycles. The molecule has 9 heteroatoms. The lowest BCUT2D eigenvalue weighted by Crippen LogP contribution is -2.25. The average Bonchev–Trinajstić information content (AvgIpc) is 3.19. The van der Waals surface area contributed by atoms with E-state index in [0.717, 1.165) is 22.3 Å². The molecule has 0 atom stereocenters. The molecule has 0 N–H and O–H groups in total. The number of nitrogens with zero attached hydrogens (tertiary/aromatic N) is 5. The number of hydrogen-bond donors (Lipinski definition) is 0. The molecular weight excluding hydrogens is 371 g/mol. The Kier molecular flexibility index (Phi) is 4.72. The molecule has 0 saturated heterocycles. The van der Waals surface area contributed by atoms with E-state index < -0.39 is 6.36 Å². The van der Waals surface area contributed by atoms with Crippen LogP contribution in [-0.4, -0.2) is 38.9 Å². The molecule has 0 amide bonds. The molecule has 0 aliphatic carbocycles. The molecule has 0 fully saturated rings. The summed E-state index contributed by atoms with van der Waals surface area (Å²) in [6, 6.07) is 11.8. The quantitative estimate of drug-likeness (QED) is 0.670. The van der Waals surface area contributed by atoms with E-state index in [4.69, 9.17) is 0 Å². The molecule has 1 aromatic heterocycles. The van der Waals surface area contributed by atoms with Gasteiger partial charge in [0.1, 0.15) is 18.4 Å². The van der Waals surface area contributed by atoms with E-state index >= 15 is 0 Å². The first-order valence-corrected chi connectivity index (χ1v) is 8.57. The van der Waals surface area contributed by atoms with Gasteiger partial charge < -0.3 is 4.74 Å². The Bertz CT molecular complexity index is 968. The molecule has 4 rings (SSSR count). The van der Waals surface area contributed by atoms with E-state index in [1.54, 1.807) is 23.1 Å². The van der Waals surface area contributed by atoms with Gasteiger partial charge in [0.15, 0.2) is 0 Å². The van der Waals surface area contributed by atoms with Crippen molar-refractivity contribution in [2.24, 2.45) is 5.10 Å². The van der Waals surface area contributed by atoms with Crippen LogP contribution in [0.15, 0.2) is 60.2 Å². The minimum Gasteiger partial charge on any atom is -0.406 e. The van der Waals surface area contributed by atoms with Crippen LogP contribution in [0.4, 0.5) is 13.2 Å². The Morgan fingerprint density at radius 2 is 1.79 bits per heavy atom. The molecule has 0 saturated carbocycles. The van der Waals surface area contributed by atoms with Gasteiger partial charge in [-0.1, -0.05) is 24.3 Å². The SMILES string of the molecule is FC(F)(F)Oc1ccc(-c2ccc3c(c2)CN(CCn2cncn2)N=C3)cc1. The van der Waals surface area contributed by atoms with Crippen molar-refractivity contribution in [3.05, 3.63) is 66.2 Å². The number of rotatable bonds is 5. The summed E-state index contributed by atoms with van der Waals surface area (Å²) in [6.45, 7) is 2.00. The minimum absolute atomic E-state index is 0.236. The second kappa shape index (κ2) is 7.34. The largest absolute Gasteiger partial charge is 0.573 e. The zero-order chi connectivity index (χ0) is 19.6. The van der Waals surface area contributed by atoms with Gasteiger partial charge in [0.05, 0.1) is 25.8 Å². The van der Waals surface area contributed by atoms with Crippen molar-refractivity contribution in [1.82, 2.24) is 19.8 Å². The van der Waals surface area contributed by atoms with Crippen molar-refractivity contribution in [1.29, 1.82) is 0 Å². The van der Waals surface area contributed by atoms with E-state index in [1.807, 2.05) is 29.4 Å². The Morgan fingerprint density at radius 1 is 1.00 bits per heavy atom. The van der Waals surface area contributed by atoms with E-state index in [-0.39, 0.29) is 5.75 Å². The molecule has 6 nitrogen and oxygen atoms in total. The van der Waals surface area contributed by atoms with Crippen LogP contribution in [0, 0.1) is 0 Å². The van der Waals surface area contributed by atoms with Gasteiger partial charge in [-0.15, -0.1) is 13.2 Å². The maximum Gasteiger partial charge on any atom is 0.573 e. The van der Waals surface area contributed by atoms with Crippen molar-refractivity contribution in [3.8, 4) is 16.9 Å². The summed E-state index contributed by atoms with van der Waals surface area (Å²) in [4.78, 5) is 3.92. The van der Waals surface area contributed by atoms with Crippen LogP contribution >= 0.6 is 0 Å². The number of alkyl halides is 3. The third kappa shape index (κ3) is 4.30. The van der Waals surface area contributed by atoms with Crippen LogP contribution in [0.5, 0.6) is 5.75 Å². The summed E-state index contributed by atoms with van der Waals surface area (Å²) in [5.74, 6) is -0.236. The van der Waals surface area contributed by atoms with Crippen LogP contribution < -0.4 is 4.74 Å². The summed E-state index contributed by atoms with van der Waals surface area (Å²) in [5.41, 5.74) is 3.86. The predicted molar refractivity (Wildman–Crippen MR) is 96.6 cm³/mol. The van der Waals surface area contributed by atoms with Crippen molar-refractivity contribution >= 4 is 6.21 Å². The fourth-order valence-corrected chi connectivity index (χ4v) is 2.98. The van der Waals surface area contributed by atoms with Gasteiger partial charge in [-0.3, -0.25) is 9.69 Å². The maximum atomic E-state index is 12.3. The van der Waals surface area contributed by atoms with E-state index in [9.17, 15) is 13.2 Å². The Labute approximate surface area is 158 Å². The van der Waals surface area contributed by atoms with Crippen molar-refractivity contribution in [2.75, 3.05) is 6.54 Å². The number of benzene rings is 2. The molecule has 0 unspecified atom stereocenters.